The molecule has 0 fully saturated rings. The van der Waals surface area contributed by atoms with E-state index in [9.17, 15) is 4.79 Å². The zero-order valence-corrected chi connectivity index (χ0v) is 9.16. The summed E-state index contributed by atoms with van der Waals surface area (Å²) in [7, 11) is 5.56. The Balaban J connectivity index is 2.65. The number of nitrogens with one attached hydrogen (secondary N) is 1. The summed E-state index contributed by atoms with van der Waals surface area (Å²) in [4.78, 5) is 15.6. The molecule has 3 nitrogen and oxygen atoms in total. The zero-order chi connectivity index (χ0) is 11.3. The summed E-state index contributed by atoms with van der Waals surface area (Å²) in [6.07, 6.45) is 4.83. The van der Waals surface area contributed by atoms with Crippen LogP contribution in [0.3, 0.4) is 0 Å². The molecule has 0 saturated heterocycles. The Morgan fingerprint density at radius 3 is 2.67 bits per heavy atom. The molecule has 2 radical (unpaired) electrons. The lowest BCUT2D eigenvalue weighted by Gasteiger charge is -2.12. The number of carbonyl (C=O) groups is 1. The van der Waals surface area contributed by atoms with Crippen LogP contribution in [0.2, 0.25) is 0 Å². The largest absolute Gasteiger partial charge is 0.325 e. The molecule has 4 heteroatoms. The number of pyridine rings is 1. The van der Waals surface area contributed by atoms with Crippen molar-refractivity contribution in [2.75, 3.05) is 5.32 Å². The number of rotatable bonds is 4. The topological polar surface area (TPSA) is 42.0 Å². The summed E-state index contributed by atoms with van der Waals surface area (Å²) < 4.78 is 0. The standard InChI is InChI=1S/C11H15BN2O/c1-3-8(4-2)11(15)14-10-5-9(12)6-13-7-10/h5-8H,3-4H2,1-2H3,(H,14,15). The molecule has 0 saturated carbocycles. The molecule has 0 bridgehead atoms. The van der Waals surface area contributed by atoms with E-state index < -0.39 is 0 Å². The molecule has 0 aliphatic rings. The van der Waals surface area contributed by atoms with E-state index in [-0.39, 0.29) is 11.8 Å². The highest BCUT2D eigenvalue weighted by Gasteiger charge is 2.13. The maximum atomic E-state index is 11.7. The first-order valence-corrected chi connectivity index (χ1v) is 5.18. The fourth-order valence-corrected chi connectivity index (χ4v) is 1.43. The van der Waals surface area contributed by atoms with Crippen LogP contribution in [0.5, 0.6) is 0 Å². The summed E-state index contributed by atoms with van der Waals surface area (Å²) >= 11 is 0. The molecule has 0 aromatic carbocycles. The molecule has 1 rings (SSSR count). The highest BCUT2D eigenvalue weighted by molar-refractivity contribution is 6.32. The fourth-order valence-electron chi connectivity index (χ4n) is 1.43. The van der Waals surface area contributed by atoms with E-state index in [1.807, 2.05) is 13.8 Å². The van der Waals surface area contributed by atoms with Crippen molar-refractivity contribution in [3.05, 3.63) is 18.5 Å². The lowest BCUT2D eigenvalue weighted by atomic mass is 9.98. The maximum Gasteiger partial charge on any atom is 0.227 e. The number of nitrogens with zero attached hydrogens (tertiary/aromatic N) is 1. The first-order valence-electron chi connectivity index (χ1n) is 5.18. The van der Waals surface area contributed by atoms with Gasteiger partial charge in [-0.3, -0.25) is 9.78 Å². The number of aromatic nitrogens is 1. The molecular weight excluding hydrogens is 187 g/mol. The van der Waals surface area contributed by atoms with Gasteiger partial charge in [-0.25, -0.2) is 0 Å². The smallest absolute Gasteiger partial charge is 0.227 e. The first-order chi connectivity index (χ1) is 7.17. The van der Waals surface area contributed by atoms with Crippen molar-refractivity contribution in [1.82, 2.24) is 4.98 Å². The van der Waals surface area contributed by atoms with E-state index >= 15 is 0 Å². The molecule has 1 amide bonds. The number of carbonyl (C=O) groups excluding carboxylic acids is 1. The molecule has 1 N–H and O–H groups in total. The molecule has 1 heterocycles. The Labute approximate surface area is 91.7 Å². The number of hydrogen-bond acceptors (Lipinski definition) is 2. The average molecular weight is 202 g/mol. The van der Waals surface area contributed by atoms with E-state index in [1.165, 1.54) is 0 Å². The number of anilines is 1. The van der Waals surface area contributed by atoms with E-state index in [4.69, 9.17) is 7.85 Å². The van der Waals surface area contributed by atoms with Crippen molar-refractivity contribution in [3.63, 3.8) is 0 Å². The van der Waals surface area contributed by atoms with Crippen LogP contribution < -0.4 is 10.8 Å². The Morgan fingerprint density at radius 2 is 2.13 bits per heavy atom. The van der Waals surface area contributed by atoms with E-state index in [0.717, 1.165) is 12.8 Å². The third-order valence-electron chi connectivity index (χ3n) is 2.38. The van der Waals surface area contributed by atoms with Gasteiger partial charge in [0.25, 0.3) is 0 Å². The third kappa shape index (κ3) is 3.38. The molecule has 0 aliphatic carbocycles. The van der Waals surface area contributed by atoms with Crippen molar-refractivity contribution >= 4 is 24.9 Å². The minimum absolute atomic E-state index is 0.0346. The Bertz CT molecular complexity index is 337. The summed E-state index contributed by atoms with van der Waals surface area (Å²) in [6.45, 7) is 4.01. The summed E-state index contributed by atoms with van der Waals surface area (Å²) in [5, 5.41) is 2.80. The van der Waals surface area contributed by atoms with Crippen molar-refractivity contribution in [2.45, 2.75) is 26.7 Å². The van der Waals surface area contributed by atoms with Gasteiger partial charge in [-0.2, -0.15) is 0 Å². The first kappa shape index (κ1) is 11.8. The van der Waals surface area contributed by atoms with Gasteiger partial charge in [-0.1, -0.05) is 19.3 Å². The Morgan fingerprint density at radius 1 is 1.47 bits per heavy atom. The van der Waals surface area contributed by atoms with Crippen molar-refractivity contribution < 1.29 is 4.79 Å². The second-order valence-electron chi connectivity index (χ2n) is 3.51. The Hall–Kier alpha value is -1.32. The van der Waals surface area contributed by atoms with Crippen molar-refractivity contribution in [1.29, 1.82) is 0 Å². The molecule has 0 unspecified atom stereocenters. The SMILES string of the molecule is [B]c1cncc(NC(=O)C(CC)CC)c1. The van der Waals surface area contributed by atoms with Gasteiger partial charge in [0.2, 0.25) is 5.91 Å². The number of amides is 1. The molecule has 1 aromatic rings. The Kier molecular flexibility index (Phi) is 4.34. The predicted octanol–water partition coefficient (Wildman–Crippen LogP) is 1.25. The monoisotopic (exact) mass is 202 g/mol. The van der Waals surface area contributed by atoms with Gasteiger partial charge in [0.1, 0.15) is 7.85 Å². The van der Waals surface area contributed by atoms with Gasteiger partial charge in [0.05, 0.1) is 11.9 Å². The zero-order valence-electron chi connectivity index (χ0n) is 9.16. The molecule has 78 valence electrons. The number of hydrogen-bond donors (Lipinski definition) is 1. The summed E-state index contributed by atoms with van der Waals surface area (Å²) in [5.41, 5.74) is 1.21. The minimum Gasteiger partial charge on any atom is -0.325 e. The van der Waals surface area contributed by atoms with Crippen LogP contribution in [0.15, 0.2) is 18.5 Å². The van der Waals surface area contributed by atoms with Crippen LogP contribution in [-0.4, -0.2) is 18.7 Å². The van der Waals surface area contributed by atoms with E-state index in [0.29, 0.717) is 11.2 Å². The van der Waals surface area contributed by atoms with E-state index in [1.54, 1.807) is 18.5 Å². The second-order valence-corrected chi connectivity index (χ2v) is 3.51. The lowest BCUT2D eigenvalue weighted by Crippen LogP contribution is -2.22. The van der Waals surface area contributed by atoms with Gasteiger partial charge in [-0.05, 0) is 18.9 Å². The van der Waals surface area contributed by atoms with Gasteiger partial charge >= 0.3 is 0 Å². The summed E-state index contributed by atoms with van der Waals surface area (Å²) in [6, 6.07) is 1.70. The predicted molar refractivity (Wildman–Crippen MR) is 62.3 cm³/mol. The van der Waals surface area contributed by atoms with Gasteiger partial charge in [-0.15, -0.1) is 0 Å². The molecule has 0 atom stereocenters. The fraction of sp³-hybridized carbons (Fsp3) is 0.455. The summed E-state index contributed by atoms with van der Waals surface area (Å²) in [5.74, 6) is 0.0961. The van der Waals surface area contributed by atoms with Gasteiger partial charge in [0, 0.05) is 12.1 Å². The molecule has 1 aromatic heterocycles. The van der Waals surface area contributed by atoms with Crippen LogP contribution in [0, 0.1) is 5.92 Å². The lowest BCUT2D eigenvalue weighted by molar-refractivity contribution is -0.120. The van der Waals surface area contributed by atoms with Crippen LogP contribution in [0.4, 0.5) is 5.69 Å². The van der Waals surface area contributed by atoms with Crippen LogP contribution in [0.1, 0.15) is 26.7 Å². The average Bonchev–Trinajstić information content (AvgIpc) is 2.19. The normalized spacial score (nSPS) is 10.3. The minimum atomic E-state index is 0.0346. The van der Waals surface area contributed by atoms with Crippen LogP contribution in [-0.2, 0) is 4.79 Å². The van der Waals surface area contributed by atoms with Crippen LogP contribution in [0.25, 0.3) is 0 Å². The van der Waals surface area contributed by atoms with Crippen LogP contribution >= 0.6 is 0 Å². The van der Waals surface area contributed by atoms with E-state index in [2.05, 4.69) is 10.3 Å². The quantitative estimate of drug-likeness (QED) is 0.746. The third-order valence-corrected chi connectivity index (χ3v) is 2.38. The molecule has 15 heavy (non-hydrogen) atoms. The maximum absolute atomic E-state index is 11.7. The highest BCUT2D eigenvalue weighted by atomic mass is 16.1. The van der Waals surface area contributed by atoms with Gasteiger partial charge in [0.15, 0.2) is 0 Å². The molecule has 0 aliphatic heterocycles. The van der Waals surface area contributed by atoms with Crippen molar-refractivity contribution in [2.24, 2.45) is 5.92 Å². The second kappa shape index (κ2) is 5.54. The molecule has 0 spiro atoms. The van der Waals surface area contributed by atoms with Gasteiger partial charge < -0.3 is 5.32 Å². The molecular formula is C11H15BN2O. The van der Waals surface area contributed by atoms with Crippen molar-refractivity contribution in [3.8, 4) is 0 Å². The highest BCUT2D eigenvalue weighted by Crippen LogP contribution is 2.11.